The third-order valence-electron chi connectivity index (χ3n) is 4.85. The lowest BCUT2D eigenvalue weighted by Crippen LogP contribution is -2.57. The smallest absolute Gasteiger partial charge is 0.189 e. The molecule has 0 radical (unpaired) electrons. The van der Waals surface area contributed by atoms with Gasteiger partial charge in [-0.3, -0.25) is 4.48 Å². The molecule has 1 heterocycles. The number of nitrogens with zero attached hydrogens (tertiary/aromatic N) is 2. The zero-order valence-electron chi connectivity index (χ0n) is 14.3. The summed E-state index contributed by atoms with van der Waals surface area (Å²) in [5.74, 6) is 0. The van der Waals surface area contributed by atoms with Crippen molar-refractivity contribution in [2.75, 3.05) is 13.1 Å². The van der Waals surface area contributed by atoms with E-state index in [-0.39, 0.29) is 12.4 Å². The summed E-state index contributed by atoms with van der Waals surface area (Å²) in [5, 5.41) is 10.1. The molecule has 0 aromatic rings. The minimum Gasteiger partial charge on any atom is -0.345 e. The first-order chi connectivity index (χ1) is 10.2. The average Bonchev–Trinajstić information content (AvgIpc) is 2.89. The van der Waals surface area contributed by atoms with E-state index in [4.69, 9.17) is 0 Å². The van der Waals surface area contributed by atoms with Crippen LogP contribution < -0.4 is 0 Å². The van der Waals surface area contributed by atoms with Gasteiger partial charge >= 0.3 is 0 Å². The molecule has 0 fully saturated rings. The summed E-state index contributed by atoms with van der Waals surface area (Å²) in [6.45, 7) is 8.15. The molecule has 0 aromatic heterocycles. The van der Waals surface area contributed by atoms with Crippen molar-refractivity contribution in [3.8, 4) is 0 Å². The van der Waals surface area contributed by atoms with Gasteiger partial charge in [-0.25, -0.2) is 4.99 Å². The summed E-state index contributed by atoms with van der Waals surface area (Å²) < 4.78 is 0.723. The minimum absolute atomic E-state index is 0.257. The van der Waals surface area contributed by atoms with E-state index in [9.17, 15) is 5.11 Å². The van der Waals surface area contributed by atoms with Gasteiger partial charge in [0.25, 0.3) is 0 Å². The van der Waals surface area contributed by atoms with E-state index in [1.807, 2.05) is 13.1 Å². The maximum atomic E-state index is 10.1. The van der Waals surface area contributed by atoms with E-state index < -0.39 is 0 Å². The number of hydrogen-bond acceptors (Lipinski definition) is 2. The van der Waals surface area contributed by atoms with Gasteiger partial charge in [-0.2, -0.15) is 0 Å². The molecule has 3 atom stereocenters. The molecule has 1 rings (SSSR count). The highest BCUT2D eigenvalue weighted by Crippen LogP contribution is 2.26. The summed E-state index contributed by atoms with van der Waals surface area (Å²) in [6, 6.07) is 0. The van der Waals surface area contributed by atoms with Crippen LogP contribution in [0.15, 0.2) is 17.1 Å². The lowest BCUT2D eigenvalue weighted by molar-refractivity contribution is -0.976. The fourth-order valence-corrected chi connectivity index (χ4v) is 3.26. The van der Waals surface area contributed by atoms with Crippen molar-refractivity contribution in [2.24, 2.45) is 4.99 Å². The third-order valence-corrected chi connectivity index (χ3v) is 4.85. The van der Waals surface area contributed by atoms with E-state index in [1.54, 1.807) is 0 Å². The summed E-state index contributed by atoms with van der Waals surface area (Å²) in [4.78, 5) is 4.61. The Kier molecular flexibility index (Phi) is 8.86. The Morgan fingerprint density at radius 1 is 1.19 bits per heavy atom. The monoisotopic (exact) mass is 295 g/mol. The van der Waals surface area contributed by atoms with Gasteiger partial charge in [0, 0.05) is 13.3 Å². The second-order valence-corrected chi connectivity index (χ2v) is 6.30. The van der Waals surface area contributed by atoms with Gasteiger partial charge < -0.3 is 5.11 Å². The lowest BCUT2D eigenvalue weighted by Gasteiger charge is -2.40. The largest absolute Gasteiger partial charge is 0.345 e. The molecule has 1 aliphatic heterocycles. The second kappa shape index (κ2) is 10.1. The molecule has 3 unspecified atom stereocenters. The van der Waals surface area contributed by atoms with Crippen molar-refractivity contribution in [3.05, 3.63) is 12.2 Å². The molecule has 0 saturated heterocycles. The number of quaternary nitrogens is 1. The fourth-order valence-electron chi connectivity index (χ4n) is 3.26. The van der Waals surface area contributed by atoms with Gasteiger partial charge in [0.2, 0.25) is 0 Å². The Morgan fingerprint density at radius 3 is 2.52 bits per heavy atom. The van der Waals surface area contributed by atoms with E-state index in [0.29, 0.717) is 0 Å². The van der Waals surface area contributed by atoms with Crippen LogP contribution >= 0.6 is 0 Å². The van der Waals surface area contributed by atoms with E-state index in [2.05, 4.69) is 31.0 Å². The van der Waals surface area contributed by atoms with Crippen LogP contribution in [0.25, 0.3) is 0 Å². The van der Waals surface area contributed by atoms with Gasteiger partial charge in [-0.05, 0) is 32.6 Å². The van der Waals surface area contributed by atoms with Gasteiger partial charge in [0.1, 0.15) is 6.54 Å². The Bertz CT molecular complexity index is 325. The van der Waals surface area contributed by atoms with Crippen LogP contribution in [0, 0.1) is 0 Å². The molecule has 21 heavy (non-hydrogen) atoms. The average molecular weight is 295 g/mol. The van der Waals surface area contributed by atoms with Crippen LogP contribution in [0.3, 0.4) is 0 Å². The molecule has 122 valence electrons. The third kappa shape index (κ3) is 5.55. The molecular weight excluding hydrogens is 260 g/mol. The summed E-state index contributed by atoms with van der Waals surface area (Å²) >= 11 is 0. The molecule has 1 aliphatic rings. The molecule has 1 N–H and O–H groups in total. The molecule has 0 amide bonds. The molecule has 0 aromatic carbocycles. The Labute approximate surface area is 131 Å². The topological polar surface area (TPSA) is 32.6 Å². The lowest BCUT2D eigenvalue weighted by atomic mass is 10.1. The van der Waals surface area contributed by atoms with Gasteiger partial charge in [0.15, 0.2) is 12.4 Å². The van der Waals surface area contributed by atoms with Gasteiger partial charge in [-0.15, -0.1) is 0 Å². The predicted molar refractivity (Wildman–Crippen MR) is 91.4 cm³/mol. The number of aliphatic hydroxyl groups is 1. The maximum Gasteiger partial charge on any atom is 0.189 e. The predicted octanol–water partition coefficient (Wildman–Crippen LogP) is 4.27. The molecule has 0 aliphatic carbocycles. The van der Waals surface area contributed by atoms with E-state index >= 15 is 0 Å². The molecular formula is C18H35N2O+. The molecule has 0 saturated carbocycles. The van der Waals surface area contributed by atoms with Crippen molar-refractivity contribution in [2.45, 2.75) is 84.5 Å². The highest BCUT2D eigenvalue weighted by molar-refractivity contribution is 5.60. The van der Waals surface area contributed by atoms with Crippen molar-refractivity contribution in [3.63, 3.8) is 0 Å². The number of aliphatic imine (C=N–C) groups is 1. The van der Waals surface area contributed by atoms with Crippen molar-refractivity contribution in [1.29, 1.82) is 0 Å². The van der Waals surface area contributed by atoms with E-state index in [0.717, 1.165) is 30.4 Å². The number of aliphatic hydroxyl groups excluding tert-OH is 1. The Hall–Kier alpha value is -0.670. The number of rotatable bonds is 11. The molecule has 3 heteroatoms. The van der Waals surface area contributed by atoms with Crippen molar-refractivity contribution in [1.82, 2.24) is 0 Å². The van der Waals surface area contributed by atoms with Crippen LogP contribution in [-0.2, 0) is 0 Å². The Balaban J connectivity index is 2.20. The van der Waals surface area contributed by atoms with Crippen LogP contribution in [0.2, 0.25) is 0 Å². The first kappa shape index (κ1) is 18.4. The zero-order chi connectivity index (χ0) is 15.6. The zero-order valence-corrected chi connectivity index (χ0v) is 14.3. The number of hydrogen-bond donors (Lipinski definition) is 1. The van der Waals surface area contributed by atoms with Gasteiger partial charge in [0.05, 0.1) is 12.8 Å². The Morgan fingerprint density at radius 2 is 1.90 bits per heavy atom. The summed E-state index contributed by atoms with van der Waals surface area (Å²) in [7, 11) is 0. The fraction of sp³-hybridized carbons (Fsp3) is 0.833. The van der Waals surface area contributed by atoms with Gasteiger partial charge in [-0.1, -0.05) is 38.3 Å². The van der Waals surface area contributed by atoms with Crippen LogP contribution in [0.4, 0.5) is 0 Å². The van der Waals surface area contributed by atoms with Crippen LogP contribution in [-0.4, -0.2) is 41.3 Å². The first-order valence-electron chi connectivity index (χ1n) is 8.88. The summed E-state index contributed by atoms with van der Waals surface area (Å²) in [5.41, 5.74) is 0. The molecule has 0 spiro atoms. The van der Waals surface area contributed by atoms with E-state index in [1.165, 1.54) is 38.5 Å². The first-order valence-corrected chi connectivity index (χ1v) is 8.88. The maximum absolute atomic E-state index is 10.1. The second-order valence-electron chi connectivity index (χ2n) is 6.30. The summed E-state index contributed by atoms with van der Waals surface area (Å²) in [6.07, 6.45) is 16.6. The number of allylic oxidation sites excluding steroid dienone is 2. The highest BCUT2D eigenvalue weighted by atomic mass is 16.3. The molecule has 3 nitrogen and oxygen atoms in total. The SMILES string of the molecule is CCCCCC/C=C/CCCC1N=CC[N+]1(CC)C(C)O. The normalized spacial score (nSPS) is 26.8. The highest BCUT2D eigenvalue weighted by Gasteiger charge is 2.41. The minimum atomic E-state index is -0.323. The van der Waals surface area contributed by atoms with Crippen LogP contribution in [0.1, 0.15) is 72.1 Å². The molecule has 0 bridgehead atoms. The standard InChI is InChI=1S/C18H35N2O/c1-4-6-7-8-9-10-11-12-13-14-18-19-15-16-20(18,5-2)17(3)21/h10-11,15,17-18,21H,4-9,12-14,16H2,1-3H3/q+1/b11-10+. The quantitative estimate of drug-likeness (QED) is 0.345. The number of unbranched alkanes of at least 4 members (excludes halogenated alkanes) is 5. The van der Waals surface area contributed by atoms with Crippen molar-refractivity contribution < 1.29 is 9.59 Å². The van der Waals surface area contributed by atoms with Crippen molar-refractivity contribution >= 4 is 6.21 Å². The van der Waals surface area contributed by atoms with Crippen LogP contribution in [0.5, 0.6) is 0 Å².